The Kier molecular flexibility index (Phi) is 6.05. The first-order valence-electron chi connectivity index (χ1n) is 10.1. The van der Waals surface area contributed by atoms with Gasteiger partial charge in [-0.05, 0) is 39.0 Å². The average molecular weight is 398 g/mol. The smallest absolute Gasteiger partial charge is 0.332 e. The Labute approximate surface area is 163 Å². The molecule has 1 N–H and O–H groups in total. The SMILES string of the molecule is CCOC(=O)[C@@]12C[C@H]1/C=C\CCC(F)(F)CCCC(=O)N1CCC[C@H]1C(=O)N2. The molecule has 1 saturated carbocycles. The molecule has 0 aromatic heterocycles. The van der Waals surface area contributed by atoms with E-state index in [1.807, 2.05) is 0 Å². The summed E-state index contributed by atoms with van der Waals surface area (Å²) in [5.74, 6) is -4.26. The van der Waals surface area contributed by atoms with Gasteiger partial charge in [0.1, 0.15) is 11.6 Å². The van der Waals surface area contributed by atoms with Crippen LogP contribution in [0.5, 0.6) is 0 Å². The van der Waals surface area contributed by atoms with Crippen molar-refractivity contribution in [3.05, 3.63) is 12.2 Å². The van der Waals surface area contributed by atoms with Crippen molar-refractivity contribution < 1.29 is 27.9 Å². The van der Waals surface area contributed by atoms with Crippen LogP contribution in [0, 0.1) is 5.92 Å². The zero-order valence-corrected chi connectivity index (χ0v) is 16.2. The van der Waals surface area contributed by atoms with Gasteiger partial charge < -0.3 is 15.0 Å². The van der Waals surface area contributed by atoms with E-state index in [9.17, 15) is 23.2 Å². The molecule has 0 aromatic rings. The third-order valence-electron chi connectivity index (χ3n) is 5.85. The number of fused-ring (bicyclic) bond motifs is 2. The van der Waals surface area contributed by atoms with Gasteiger partial charge in [0.2, 0.25) is 17.7 Å². The molecule has 6 nitrogen and oxygen atoms in total. The van der Waals surface area contributed by atoms with Crippen LogP contribution in [0.2, 0.25) is 0 Å². The first kappa shape index (κ1) is 20.7. The van der Waals surface area contributed by atoms with Crippen LogP contribution in [-0.4, -0.2) is 53.3 Å². The largest absolute Gasteiger partial charge is 0.464 e. The minimum Gasteiger partial charge on any atom is -0.464 e. The predicted octanol–water partition coefficient (Wildman–Crippen LogP) is 2.57. The number of allylic oxidation sites excluding steroid dienone is 1. The summed E-state index contributed by atoms with van der Waals surface area (Å²) in [6.45, 7) is 2.31. The molecule has 1 saturated heterocycles. The summed E-state index contributed by atoms with van der Waals surface area (Å²) in [5.41, 5.74) is -1.15. The van der Waals surface area contributed by atoms with E-state index in [1.165, 1.54) is 4.90 Å². The Morgan fingerprint density at radius 3 is 2.86 bits per heavy atom. The molecule has 3 aliphatic rings. The normalized spacial score (nSPS) is 34.3. The Bertz CT molecular complexity index is 667. The molecule has 0 unspecified atom stereocenters. The van der Waals surface area contributed by atoms with Crippen molar-refractivity contribution >= 4 is 17.8 Å². The van der Waals surface area contributed by atoms with Crippen LogP contribution in [0.25, 0.3) is 0 Å². The van der Waals surface area contributed by atoms with Crippen molar-refractivity contribution in [1.82, 2.24) is 10.2 Å². The summed E-state index contributed by atoms with van der Waals surface area (Å²) in [4.78, 5) is 39.3. The van der Waals surface area contributed by atoms with Crippen molar-refractivity contribution in [2.45, 2.75) is 75.8 Å². The van der Waals surface area contributed by atoms with E-state index >= 15 is 0 Å². The molecule has 0 spiro atoms. The lowest BCUT2D eigenvalue weighted by atomic mass is 10.1. The highest BCUT2D eigenvalue weighted by Gasteiger charge is 2.62. The molecule has 28 heavy (non-hydrogen) atoms. The maximum absolute atomic E-state index is 14.0. The number of carbonyl (C=O) groups excluding carboxylic acids is 3. The van der Waals surface area contributed by atoms with Crippen LogP contribution in [-0.2, 0) is 19.1 Å². The molecule has 1 aliphatic carbocycles. The van der Waals surface area contributed by atoms with Crippen molar-refractivity contribution in [3.8, 4) is 0 Å². The lowest BCUT2D eigenvalue weighted by Gasteiger charge is -2.26. The zero-order valence-electron chi connectivity index (χ0n) is 16.2. The second-order valence-electron chi connectivity index (χ2n) is 7.91. The molecule has 3 atom stereocenters. The molecule has 8 heteroatoms. The average Bonchev–Trinajstić information content (AvgIpc) is 3.10. The van der Waals surface area contributed by atoms with Crippen LogP contribution in [0.3, 0.4) is 0 Å². The van der Waals surface area contributed by atoms with Crippen LogP contribution in [0.15, 0.2) is 12.2 Å². The lowest BCUT2D eigenvalue weighted by molar-refractivity contribution is -0.150. The summed E-state index contributed by atoms with van der Waals surface area (Å²) >= 11 is 0. The minimum absolute atomic E-state index is 0.000847. The molecule has 0 aromatic carbocycles. The highest BCUT2D eigenvalue weighted by atomic mass is 19.3. The minimum atomic E-state index is -2.83. The summed E-state index contributed by atoms with van der Waals surface area (Å²) in [7, 11) is 0. The van der Waals surface area contributed by atoms with Crippen LogP contribution in [0.1, 0.15) is 58.3 Å². The fourth-order valence-corrected chi connectivity index (χ4v) is 4.17. The van der Waals surface area contributed by atoms with E-state index in [4.69, 9.17) is 4.74 Å². The number of amides is 2. The highest BCUT2D eigenvalue weighted by Crippen LogP contribution is 2.46. The number of hydrogen-bond donors (Lipinski definition) is 1. The summed E-state index contributed by atoms with van der Waals surface area (Å²) in [6, 6.07) is -0.658. The number of nitrogens with one attached hydrogen (secondary N) is 1. The topological polar surface area (TPSA) is 75.7 Å². The van der Waals surface area contributed by atoms with Crippen LogP contribution in [0.4, 0.5) is 8.78 Å². The monoisotopic (exact) mass is 398 g/mol. The van der Waals surface area contributed by atoms with Gasteiger partial charge in [0.15, 0.2) is 0 Å². The molecule has 156 valence electrons. The third-order valence-corrected chi connectivity index (χ3v) is 5.85. The van der Waals surface area contributed by atoms with Crippen molar-refractivity contribution in [3.63, 3.8) is 0 Å². The molecular weight excluding hydrogens is 370 g/mol. The first-order valence-corrected chi connectivity index (χ1v) is 10.1. The standard InChI is InChI=1S/C20H28F2N2O4/c1-2-28-18(27)20-13-14(20)7-3-4-10-19(21,22)11-5-9-16(25)24-12-6-8-15(24)17(26)23-20/h3,7,14-15H,2,4-6,8-13H2,1H3,(H,23,26)/b7-3-/t14-,15+,20-/m1/s1. The van der Waals surface area contributed by atoms with Gasteiger partial charge in [-0.1, -0.05) is 12.2 Å². The molecule has 2 fully saturated rings. The third kappa shape index (κ3) is 4.36. The first-order chi connectivity index (χ1) is 13.3. The van der Waals surface area contributed by atoms with Gasteiger partial charge in [-0.25, -0.2) is 13.6 Å². The van der Waals surface area contributed by atoms with E-state index in [0.717, 1.165) is 0 Å². The Morgan fingerprint density at radius 2 is 2.11 bits per heavy atom. The van der Waals surface area contributed by atoms with Crippen LogP contribution < -0.4 is 5.32 Å². The van der Waals surface area contributed by atoms with Gasteiger partial charge in [0, 0.05) is 31.7 Å². The maximum Gasteiger partial charge on any atom is 0.332 e. The summed E-state index contributed by atoms with van der Waals surface area (Å²) in [5, 5.41) is 2.82. The van der Waals surface area contributed by atoms with E-state index in [0.29, 0.717) is 25.8 Å². The Morgan fingerprint density at radius 1 is 1.32 bits per heavy atom. The van der Waals surface area contributed by atoms with Crippen molar-refractivity contribution in [1.29, 1.82) is 0 Å². The molecular formula is C20H28F2N2O4. The fourth-order valence-electron chi connectivity index (χ4n) is 4.17. The number of hydrogen-bond acceptors (Lipinski definition) is 4. The van der Waals surface area contributed by atoms with Gasteiger partial charge in [0.25, 0.3) is 0 Å². The van der Waals surface area contributed by atoms with E-state index < -0.39 is 23.5 Å². The number of halogens is 2. The molecule has 0 bridgehead atoms. The fraction of sp³-hybridized carbons (Fsp3) is 0.750. The van der Waals surface area contributed by atoms with E-state index in [1.54, 1.807) is 19.1 Å². The predicted molar refractivity (Wildman–Crippen MR) is 97.5 cm³/mol. The number of carbonyl (C=O) groups is 3. The Balaban J connectivity index is 1.82. The Hall–Kier alpha value is -1.99. The number of esters is 1. The maximum atomic E-state index is 14.0. The molecule has 2 aliphatic heterocycles. The second kappa shape index (κ2) is 8.17. The van der Waals surface area contributed by atoms with E-state index in [2.05, 4.69) is 5.32 Å². The van der Waals surface area contributed by atoms with Crippen LogP contribution >= 0.6 is 0 Å². The second-order valence-corrected chi connectivity index (χ2v) is 7.91. The lowest BCUT2D eigenvalue weighted by Crippen LogP contribution is -2.53. The molecule has 0 radical (unpaired) electrons. The number of rotatable bonds is 2. The quantitative estimate of drug-likeness (QED) is 0.573. The van der Waals surface area contributed by atoms with Gasteiger partial charge in [-0.2, -0.15) is 0 Å². The molecule has 2 amide bonds. The number of alkyl halides is 2. The van der Waals surface area contributed by atoms with Crippen molar-refractivity contribution in [2.75, 3.05) is 13.2 Å². The summed E-state index contributed by atoms with van der Waals surface area (Å²) < 4.78 is 33.2. The molecule has 3 rings (SSSR count). The van der Waals surface area contributed by atoms with Gasteiger partial charge in [-0.15, -0.1) is 0 Å². The number of ether oxygens (including phenoxy) is 1. The molecule has 2 heterocycles. The highest BCUT2D eigenvalue weighted by molar-refractivity contribution is 5.95. The summed E-state index contributed by atoms with van der Waals surface area (Å²) in [6.07, 6.45) is 4.58. The zero-order chi connectivity index (χ0) is 20.4. The van der Waals surface area contributed by atoms with Gasteiger partial charge in [-0.3, -0.25) is 9.59 Å². The number of nitrogens with zero attached hydrogens (tertiary/aromatic N) is 1. The van der Waals surface area contributed by atoms with Gasteiger partial charge >= 0.3 is 5.97 Å². The van der Waals surface area contributed by atoms with E-state index in [-0.39, 0.29) is 56.4 Å². The van der Waals surface area contributed by atoms with Gasteiger partial charge in [0.05, 0.1) is 6.61 Å². The van der Waals surface area contributed by atoms with Crippen molar-refractivity contribution in [2.24, 2.45) is 5.92 Å².